The average molecular weight is 389 g/mol. The number of anilines is 1. The molecule has 1 N–H and O–H groups in total. The summed E-state index contributed by atoms with van der Waals surface area (Å²) in [6, 6.07) is 5.52. The molecule has 3 rings (SSSR count). The van der Waals surface area contributed by atoms with Gasteiger partial charge in [-0.2, -0.15) is 0 Å². The first kappa shape index (κ1) is 20.2. The van der Waals surface area contributed by atoms with Crippen molar-refractivity contribution in [3.05, 3.63) is 58.3 Å². The van der Waals surface area contributed by atoms with Crippen molar-refractivity contribution in [2.24, 2.45) is 0 Å². The number of aryl methyl sites for hydroxylation is 1. The molecule has 1 aromatic heterocycles. The summed E-state index contributed by atoms with van der Waals surface area (Å²) < 4.78 is 31.8. The first-order valence-corrected chi connectivity index (χ1v) is 9.43. The van der Waals surface area contributed by atoms with E-state index in [4.69, 9.17) is 9.72 Å². The fraction of sp³-hybridized carbons (Fsp3) is 0.429. The fourth-order valence-electron chi connectivity index (χ4n) is 3.27. The van der Waals surface area contributed by atoms with Gasteiger partial charge >= 0.3 is 0 Å². The number of halogens is 2. The van der Waals surface area contributed by atoms with Crippen LogP contribution in [0.5, 0.6) is 0 Å². The van der Waals surface area contributed by atoms with Gasteiger partial charge in [0, 0.05) is 19.6 Å². The number of amides is 1. The number of benzene rings is 1. The van der Waals surface area contributed by atoms with E-state index in [2.05, 4.69) is 10.2 Å². The molecule has 1 aliphatic rings. The highest BCUT2D eigenvalue weighted by atomic mass is 19.2. The Balaban J connectivity index is 1.82. The molecular formula is C21H25F2N3O2. The lowest BCUT2D eigenvalue weighted by molar-refractivity contribution is 0.0948. The number of aromatic nitrogens is 1. The summed E-state index contributed by atoms with van der Waals surface area (Å²) in [6.07, 6.45) is 0. The van der Waals surface area contributed by atoms with Crippen LogP contribution < -0.4 is 10.2 Å². The van der Waals surface area contributed by atoms with E-state index in [1.165, 1.54) is 6.07 Å². The summed E-state index contributed by atoms with van der Waals surface area (Å²) in [5, 5.41) is 2.80. The molecule has 2 heterocycles. The van der Waals surface area contributed by atoms with Gasteiger partial charge in [-0.05, 0) is 42.2 Å². The predicted octanol–water partition coefficient (Wildman–Crippen LogP) is 3.56. The van der Waals surface area contributed by atoms with Gasteiger partial charge in [0.15, 0.2) is 11.6 Å². The van der Waals surface area contributed by atoms with Crippen molar-refractivity contribution in [3.63, 3.8) is 0 Å². The molecule has 0 radical (unpaired) electrons. The molecule has 1 aromatic carbocycles. The van der Waals surface area contributed by atoms with Gasteiger partial charge in [0.25, 0.3) is 5.91 Å². The van der Waals surface area contributed by atoms with Crippen molar-refractivity contribution in [2.75, 3.05) is 31.2 Å². The van der Waals surface area contributed by atoms with Crippen molar-refractivity contribution < 1.29 is 18.3 Å². The molecule has 2 aromatic rings. The molecule has 0 unspecified atom stereocenters. The van der Waals surface area contributed by atoms with Crippen molar-refractivity contribution in [1.29, 1.82) is 0 Å². The molecule has 0 bridgehead atoms. The predicted molar refractivity (Wildman–Crippen MR) is 104 cm³/mol. The molecule has 0 atom stereocenters. The van der Waals surface area contributed by atoms with Crippen molar-refractivity contribution >= 4 is 11.7 Å². The highest BCUT2D eigenvalue weighted by Gasteiger charge is 2.22. The Kier molecular flexibility index (Phi) is 6.24. The summed E-state index contributed by atoms with van der Waals surface area (Å²) in [5.41, 5.74) is 2.59. The third kappa shape index (κ3) is 4.47. The summed E-state index contributed by atoms with van der Waals surface area (Å²) in [7, 11) is 0. The Morgan fingerprint density at radius 2 is 1.93 bits per heavy atom. The number of rotatable bonds is 5. The maximum absolute atomic E-state index is 13.4. The van der Waals surface area contributed by atoms with Gasteiger partial charge in [0.05, 0.1) is 24.5 Å². The highest BCUT2D eigenvalue weighted by molar-refractivity contribution is 5.97. The smallest absolute Gasteiger partial charge is 0.253 e. The zero-order chi connectivity index (χ0) is 20.3. The van der Waals surface area contributed by atoms with Crippen LogP contribution in [0.1, 0.15) is 46.9 Å². The molecule has 1 fully saturated rings. The highest BCUT2D eigenvalue weighted by Crippen LogP contribution is 2.26. The second kappa shape index (κ2) is 8.65. The molecule has 1 amide bonds. The normalized spacial score (nSPS) is 14.4. The largest absolute Gasteiger partial charge is 0.378 e. The van der Waals surface area contributed by atoms with Crippen molar-refractivity contribution in [3.8, 4) is 0 Å². The third-order valence-electron chi connectivity index (χ3n) is 4.78. The van der Waals surface area contributed by atoms with Crippen LogP contribution in [0.2, 0.25) is 0 Å². The Hall–Kier alpha value is -2.54. The van der Waals surface area contributed by atoms with E-state index in [1.54, 1.807) is 0 Å². The van der Waals surface area contributed by atoms with Gasteiger partial charge in [0.1, 0.15) is 5.82 Å². The lowest BCUT2D eigenvalue weighted by atomic mass is 9.98. The summed E-state index contributed by atoms with van der Waals surface area (Å²) in [5.74, 6) is -1.20. The van der Waals surface area contributed by atoms with E-state index in [0.29, 0.717) is 24.3 Å². The molecule has 1 aliphatic heterocycles. The zero-order valence-corrected chi connectivity index (χ0v) is 16.4. The van der Waals surface area contributed by atoms with E-state index < -0.39 is 11.6 Å². The van der Waals surface area contributed by atoms with Gasteiger partial charge in [-0.3, -0.25) is 4.79 Å². The molecule has 0 saturated carbocycles. The number of ether oxygens (including phenoxy) is 1. The number of carbonyl (C=O) groups is 1. The molecule has 0 spiro atoms. The standard InChI is InChI=1S/C21H25F2N3O2/c1-13(2)20-19(14(3)10-18(25-20)26-6-8-28-9-7-26)21(27)24-12-15-4-5-16(22)17(23)11-15/h4-5,10-11,13H,6-9,12H2,1-3H3,(H,24,27). The quantitative estimate of drug-likeness (QED) is 0.850. The monoisotopic (exact) mass is 389 g/mol. The molecule has 7 heteroatoms. The fourth-order valence-corrected chi connectivity index (χ4v) is 3.27. The summed E-state index contributed by atoms with van der Waals surface area (Å²) >= 11 is 0. The Labute approximate surface area is 163 Å². The summed E-state index contributed by atoms with van der Waals surface area (Å²) in [4.78, 5) is 19.8. The van der Waals surface area contributed by atoms with Gasteiger partial charge in [-0.1, -0.05) is 19.9 Å². The number of hydrogen-bond acceptors (Lipinski definition) is 4. The van der Waals surface area contributed by atoms with Gasteiger partial charge in [-0.25, -0.2) is 13.8 Å². The van der Waals surface area contributed by atoms with Crippen LogP contribution in [0.15, 0.2) is 24.3 Å². The zero-order valence-electron chi connectivity index (χ0n) is 16.4. The third-order valence-corrected chi connectivity index (χ3v) is 4.78. The number of morpholine rings is 1. The topological polar surface area (TPSA) is 54.5 Å². The Morgan fingerprint density at radius 3 is 2.57 bits per heavy atom. The molecule has 28 heavy (non-hydrogen) atoms. The molecule has 1 saturated heterocycles. The SMILES string of the molecule is Cc1cc(N2CCOCC2)nc(C(C)C)c1C(=O)NCc1ccc(F)c(F)c1. The maximum atomic E-state index is 13.4. The van der Waals surface area contributed by atoms with Crippen LogP contribution in [0, 0.1) is 18.6 Å². The lowest BCUT2D eigenvalue weighted by Crippen LogP contribution is -2.37. The second-order valence-corrected chi connectivity index (χ2v) is 7.24. The molecule has 150 valence electrons. The lowest BCUT2D eigenvalue weighted by Gasteiger charge is -2.29. The molecule has 0 aliphatic carbocycles. The van der Waals surface area contributed by atoms with E-state index in [-0.39, 0.29) is 18.4 Å². The van der Waals surface area contributed by atoms with Crippen LogP contribution >= 0.6 is 0 Å². The minimum atomic E-state index is -0.928. The number of pyridine rings is 1. The second-order valence-electron chi connectivity index (χ2n) is 7.24. The number of carbonyl (C=O) groups excluding carboxylic acids is 1. The Bertz CT molecular complexity index is 865. The first-order chi connectivity index (χ1) is 13.4. The van der Waals surface area contributed by atoms with E-state index >= 15 is 0 Å². The Morgan fingerprint density at radius 1 is 1.21 bits per heavy atom. The van der Waals surface area contributed by atoms with Crippen molar-refractivity contribution in [2.45, 2.75) is 33.2 Å². The van der Waals surface area contributed by atoms with Crippen LogP contribution in [0.25, 0.3) is 0 Å². The number of nitrogens with zero attached hydrogens (tertiary/aromatic N) is 2. The van der Waals surface area contributed by atoms with Gasteiger partial charge in [0.2, 0.25) is 0 Å². The minimum absolute atomic E-state index is 0.0590. The van der Waals surface area contributed by atoms with E-state index in [9.17, 15) is 13.6 Å². The average Bonchev–Trinajstić information content (AvgIpc) is 2.68. The maximum Gasteiger partial charge on any atom is 0.253 e. The minimum Gasteiger partial charge on any atom is -0.378 e. The van der Waals surface area contributed by atoms with Gasteiger partial charge < -0.3 is 15.0 Å². The first-order valence-electron chi connectivity index (χ1n) is 9.43. The van der Waals surface area contributed by atoms with E-state index in [1.807, 2.05) is 26.8 Å². The van der Waals surface area contributed by atoms with Crippen LogP contribution in [0.4, 0.5) is 14.6 Å². The molecular weight excluding hydrogens is 364 g/mol. The number of nitrogens with one attached hydrogen (secondary N) is 1. The van der Waals surface area contributed by atoms with Crippen LogP contribution in [0.3, 0.4) is 0 Å². The molecule has 5 nitrogen and oxygen atoms in total. The van der Waals surface area contributed by atoms with E-state index in [0.717, 1.165) is 42.3 Å². The van der Waals surface area contributed by atoms with Crippen LogP contribution in [-0.2, 0) is 11.3 Å². The number of hydrogen-bond donors (Lipinski definition) is 1. The summed E-state index contributed by atoms with van der Waals surface area (Å²) in [6.45, 7) is 8.86. The van der Waals surface area contributed by atoms with Crippen LogP contribution in [-0.4, -0.2) is 37.2 Å². The van der Waals surface area contributed by atoms with Gasteiger partial charge in [-0.15, -0.1) is 0 Å². The van der Waals surface area contributed by atoms with Crippen molar-refractivity contribution in [1.82, 2.24) is 10.3 Å².